The van der Waals surface area contributed by atoms with Crippen molar-refractivity contribution in [3.8, 4) is 0 Å². The number of rotatable bonds is 6. The summed E-state index contributed by atoms with van der Waals surface area (Å²) in [5.74, 6) is -0.232. The Morgan fingerprint density at radius 2 is 1.72 bits per heavy atom. The minimum absolute atomic E-state index is 0.0681. The molecule has 0 atom stereocenters. The summed E-state index contributed by atoms with van der Waals surface area (Å²) < 4.78 is 28.5. The van der Waals surface area contributed by atoms with Gasteiger partial charge in [-0.05, 0) is 55.3 Å². The van der Waals surface area contributed by atoms with Crippen LogP contribution in [0.3, 0.4) is 0 Å². The fourth-order valence-electron chi connectivity index (χ4n) is 3.64. The second kappa shape index (κ2) is 8.68. The molecule has 1 aromatic heterocycles. The van der Waals surface area contributed by atoms with E-state index in [0.29, 0.717) is 16.3 Å². The Bertz CT molecular complexity index is 1430. The first-order valence-electron chi connectivity index (χ1n) is 9.98. The number of nitrogens with one attached hydrogen (secondary N) is 3. The Labute approximate surface area is 191 Å². The molecule has 0 bridgehead atoms. The van der Waals surface area contributed by atoms with E-state index in [9.17, 15) is 13.2 Å². The fourth-order valence-corrected chi connectivity index (χ4v) is 5.23. The van der Waals surface area contributed by atoms with Crippen LogP contribution in [0.5, 0.6) is 0 Å². The number of aromatic amines is 1. The van der Waals surface area contributed by atoms with Gasteiger partial charge in [-0.15, -0.1) is 0 Å². The minimum atomic E-state index is -3.90. The zero-order chi connectivity index (χ0) is 22.9. The van der Waals surface area contributed by atoms with Crippen molar-refractivity contribution in [3.63, 3.8) is 0 Å². The molecule has 0 aliphatic heterocycles. The molecule has 0 fully saturated rings. The number of hydrogen-bond acceptors (Lipinski definition) is 3. The molecule has 1 amide bonds. The number of halogens is 1. The third-order valence-electron chi connectivity index (χ3n) is 5.24. The first-order chi connectivity index (χ1) is 15.2. The highest BCUT2D eigenvalue weighted by Gasteiger charge is 2.20. The highest BCUT2D eigenvalue weighted by atomic mass is 35.5. The number of para-hydroxylation sites is 2. The summed E-state index contributed by atoms with van der Waals surface area (Å²) in [6.07, 6.45) is 0.170. The van der Waals surface area contributed by atoms with Crippen molar-refractivity contribution in [2.24, 2.45) is 0 Å². The van der Waals surface area contributed by atoms with Gasteiger partial charge in [-0.25, -0.2) is 8.42 Å². The Kier molecular flexibility index (Phi) is 5.95. The van der Waals surface area contributed by atoms with E-state index in [-0.39, 0.29) is 22.9 Å². The second-order valence-corrected chi connectivity index (χ2v) is 9.62. The Hall–Kier alpha value is -3.29. The fraction of sp³-hybridized carbons (Fsp3) is 0.125. The van der Waals surface area contributed by atoms with Crippen molar-refractivity contribution in [2.75, 3.05) is 10.0 Å². The van der Waals surface area contributed by atoms with Crippen LogP contribution in [0.15, 0.2) is 71.6 Å². The monoisotopic (exact) mass is 467 g/mol. The van der Waals surface area contributed by atoms with Gasteiger partial charge in [0.15, 0.2) is 0 Å². The van der Waals surface area contributed by atoms with Gasteiger partial charge >= 0.3 is 0 Å². The summed E-state index contributed by atoms with van der Waals surface area (Å²) in [5, 5.41) is 4.11. The summed E-state index contributed by atoms with van der Waals surface area (Å²) in [4.78, 5) is 16.1. The quantitative estimate of drug-likeness (QED) is 0.353. The summed E-state index contributed by atoms with van der Waals surface area (Å²) in [6.45, 7) is 3.63. The van der Waals surface area contributed by atoms with Gasteiger partial charge in [-0.3, -0.25) is 9.52 Å². The van der Waals surface area contributed by atoms with Crippen LogP contribution < -0.4 is 10.0 Å². The van der Waals surface area contributed by atoms with Gasteiger partial charge in [0.1, 0.15) is 0 Å². The highest BCUT2D eigenvalue weighted by Crippen LogP contribution is 2.27. The van der Waals surface area contributed by atoms with Crippen molar-refractivity contribution in [2.45, 2.75) is 25.2 Å². The number of aryl methyl sites for hydroxylation is 2. The lowest BCUT2D eigenvalue weighted by Gasteiger charge is -2.13. The van der Waals surface area contributed by atoms with Crippen molar-refractivity contribution in [1.29, 1.82) is 0 Å². The lowest BCUT2D eigenvalue weighted by molar-refractivity contribution is -0.115. The summed E-state index contributed by atoms with van der Waals surface area (Å²) in [7, 11) is -3.90. The molecule has 0 unspecified atom stereocenters. The van der Waals surface area contributed by atoms with Crippen molar-refractivity contribution in [1.82, 2.24) is 4.98 Å². The number of carbonyl (C=O) groups is 1. The maximum absolute atomic E-state index is 13.0. The molecule has 4 aromatic rings. The predicted octanol–water partition coefficient (Wildman–Crippen LogP) is 5.42. The second-order valence-electron chi connectivity index (χ2n) is 7.56. The number of carbonyl (C=O) groups excluding carboxylic acids is 1. The van der Waals surface area contributed by atoms with Crippen LogP contribution in [0.1, 0.15) is 16.8 Å². The molecular weight excluding hydrogens is 446 g/mol. The SMILES string of the molecule is Cc1ccc(NC(=O)Cc2c(C)[nH]c3ccccc23)cc1S(=O)(=O)Nc1ccccc1Cl. The van der Waals surface area contributed by atoms with Crippen LogP contribution in [0.2, 0.25) is 5.02 Å². The largest absolute Gasteiger partial charge is 0.358 e. The maximum Gasteiger partial charge on any atom is 0.262 e. The van der Waals surface area contributed by atoms with Gasteiger partial charge in [-0.2, -0.15) is 0 Å². The predicted molar refractivity (Wildman–Crippen MR) is 129 cm³/mol. The van der Waals surface area contributed by atoms with E-state index in [0.717, 1.165) is 22.2 Å². The summed E-state index contributed by atoms with van der Waals surface area (Å²) in [5.41, 5.74) is 4.06. The van der Waals surface area contributed by atoms with Crippen molar-refractivity contribution < 1.29 is 13.2 Å². The van der Waals surface area contributed by atoms with Crippen molar-refractivity contribution in [3.05, 3.63) is 88.6 Å². The lowest BCUT2D eigenvalue weighted by atomic mass is 10.1. The molecule has 6 nitrogen and oxygen atoms in total. The number of H-pyrrole nitrogens is 1. The van der Waals surface area contributed by atoms with E-state index in [1.54, 1.807) is 43.3 Å². The van der Waals surface area contributed by atoms with E-state index in [1.807, 2.05) is 31.2 Å². The van der Waals surface area contributed by atoms with E-state index in [1.165, 1.54) is 6.07 Å². The van der Waals surface area contributed by atoms with Gasteiger partial charge in [0.25, 0.3) is 10.0 Å². The highest BCUT2D eigenvalue weighted by molar-refractivity contribution is 7.92. The van der Waals surface area contributed by atoms with Gasteiger partial charge in [0, 0.05) is 22.3 Å². The number of fused-ring (bicyclic) bond motifs is 1. The van der Waals surface area contributed by atoms with E-state index in [4.69, 9.17) is 11.6 Å². The molecule has 0 radical (unpaired) electrons. The molecule has 164 valence electrons. The Morgan fingerprint density at radius 1 is 1.00 bits per heavy atom. The molecule has 0 aliphatic rings. The molecular formula is C24H22ClN3O3S. The van der Waals surface area contributed by atoms with Crippen molar-refractivity contribution >= 4 is 49.8 Å². The molecule has 8 heteroatoms. The number of sulfonamides is 1. The van der Waals surface area contributed by atoms with Gasteiger partial charge in [0.05, 0.1) is 22.0 Å². The zero-order valence-corrected chi connectivity index (χ0v) is 19.1. The molecule has 4 rings (SSSR count). The van der Waals surface area contributed by atoms with E-state index < -0.39 is 10.0 Å². The molecule has 0 spiro atoms. The standard InChI is InChI=1S/C24H22ClN3O3S/c1-15-11-12-17(13-23(15)32(30,31)28-22-10-6-4-8-20(22)25)27-24(29)14-19-16(2)26-21-9-5-3-7-18(19)21/h3-13,26,28H,14H2,1-2H3,(H,27,29). The van der Waals surface area contributed by atoms with Gasteiger partial charge in [0.2, 0.25) is 5.91 Å². The van der Waals surface area contributed by atoms with Crippen LogP contribution in [0, 0.1) is 13.8 Å². The molecule has 0 saturated carbocycles. The molecule has 32 heavy (non-hydrogen) atoms. The number of anilines is 2. The molecule has 0 saturated heterocycles. The number of benzene rings is 3. The average molecular weight is 468 g/mol. The average Bonchev–Trinajstić information content (AvgIpc) is 3.06. The number of hydrogen-bond donors (Lipinski definition) is 3. The zero-order valence-electron chi connectivity index (χ0n) is 17.6. The van der Waals surface area contributed by atoms with Gasteiger partial charge < -0.3 is 10.3 Å². The minimum Gasteiger partial charge on any atom is -0.358 e. The molecule has 1 heterocycles. The third-order valence-corrected chi connectivity index (χ3v) is 7.08. The van der Waals surface area contributed by atoms with Crippen LogP contribution in [-0.4, -0.2) is 19.3 Å². The molecule has 0 aliphatic carbocycles. The molecule has 3 N–H and O–H groups in total. The topological polar surface area (TPSA) is 91.1 Å². The Balaban J connectivity index is 1.56. The van der Waals surface area contributed by atoms with Crippen LogP contribution in [0.4, 0.5) is 11.4 Å². The summed E-state index contributed by atoms with van der Waals surface area (Å²) >= 11 is 6.09. The normalized spacial score (nSPS) is 11.5. The number of aromatic nitrogens is 1. The van der Waals surface area contributed by atoms with E-state index >= 15 is 0 Å². The first-order valence-corrected chi connectivity index (χ1v) is 11.8. The van der Waals surface area contributed by atoms with E-state index in [2.05, 4.69) is 15.0 Å². The molecule has 3 aromatic carbocycles. The Morgan fingerprint density at radius 3 is 2.50 bits per heavy atom. The van der Waals surface area contributed by atoms with Gasteiger partial charge in [-0.1, -0.05) is 48.0 Å². The smallest absolute Gasteiger partial charge is 0.262 e. The van der Waals surface area contributed by atoms with Crippen LogP contribution >= 0.6 is 11.6 Å². The van der Waals surface area contributed by atoms with Crippen LogP contribution in [-0.2, 0) is 21.2 Å². The maximum atomic E-state index is 13.0. The number of amides is 1. The third kappa shape index (κ3) is 4.49. The first kappa shape index (κ1) is 21.9. The summed E-state index contributed by atoms with van der Waals surface area (Å²) in [6, 6.07) is 19.2. The van der Waals surface area contributed by atoms with Crippen LogP contribution in [0.25, 0.3) is 10.9 Å². The lowest BCUT2D eigenvalue weighted by Crippen LogP contribution is -2.17.